The van der Waals surface area contributed by atoms with Crippen LogP contribution in [0.3, 0.4) is 0 Å². The van der Waals surface area contributed by atoms with Gasteiger partial charge < -0.3 is 24.2 Å². The summed E-state index contributed by atoms with van der Waals surface area (Å²) in [5, 5.41) is 9.82. The fourth-order valence-electron chi connectivity index (χ4n) is 8.74. The predicted molar refractivity (Wildman–Crippen MR) is 298 cm³/mol. The van der Waals surface area contributed by atoms with E-state index in [0.717, 1.165) is 83.5 Å². The Morgan fingerprint density at radius 3 is 1.06 bits per heavy atom. The number of unbranched alkanes of at least 4 members (excludes halogenated alkanes) is 36. The van der Waals surface area contributed by atoms with Crippen molar-refractivity contribution < 1.29 is 52.2 Å². The lowest BCUT2D eigenvalue weighted by Gasteiger charge is -2.21. The van der Waals surface area contributed by atoms with Gasteiger partial charge in [-0.2, -0.15) is 0 Å². The van der Waals surface area contributed by atoms with Gasteiger partial charge in [0, 0.05) is 19.3 Å². The third-order valence-electron chi connectivity index (χ3n) is 13.4. The molecule has 0 spiro atoms. The van der Waals surface area contributed by atoms with Gasteiger partial charge in [-0.05, 0) is 51.4 Å². The molecule has 0 fully saturated rings. The van der Waals surface area contributed by atoms with Crippen LogP contribution >= 0.6 is 7.82 Å². The summed E-state index contributed by atoms with van der Waals surface area (Å²) in [7, 11) is -4.74. The Morgan fingerprint density at radius 1 is 0.389 bits per heavy atom. The number of rotatable bonds is 57. The maximum Gasteiger partial charge on any atom is 0.472 e. The SMILES string of the molecule is CCCCC/C=C\C/C=C\CCCCCCCC(=O)OCC(COP(=O)(O)OCC(CO)OC(=O)CCCCCCCCCCCCCCCCC)OC(=O)CCCCCCCCCCCCCCCCC. The standard InChI is InChI=1S/C60H113O11P/c1-4-7-10-13-16-19-22-25-28-31-34-37-40-43-46-49-58(62)67-53-57(71-60(64)51-48-45-42-39-36-33-30-27-24-21-18-15-12-9-6-3)55-69-72(65,66)68-54-56(52-61)70-59(63)50-47-44-41-38-35-32-29-26-23-20-17-14-11-8-5-2/h16,19,25,28,56-57,61H,4-15,17-18,20-24,26-27,29-55H2,1-3H3,(H,65,66)/b19-16-,28-25-. The molecule has 2 N–H and O–H groups in total. The summed E-state index contributed by atoms with van der Waals surface area (Å²) in [6.45, 7) is 4.67. The van der Waals surface area contributed by atoms with Crippen LogP contribution in [-0.4, -0.2) is 66.5 Å². The number of hydrogen-bond donors (Lipinski definition) is 2. The largest absolute Gasteiger partial charge is 0.472 e. The lowest BCUT2D eigenvalue weighted by Crippen LogP contribution is -2.30. The van der Waals surface area contributed by atoms with Crippen molar-refractivity contribution in [3.05, 3.63) is 24.3 Å². The Labute approximate surface area is 442 Å². The third-order valence-corrected chi connectivity index (χ3v) is 14.3. The van der Waals surface area contributed by atoms with E-state index >= 15 is 0 Å². The Bertz CT molecular complexity index is 1310. The molecule has 0 aliphatic carbocycles. The minimum absolute atomic E-state index is 0.172. The Hall–Kier alpha value is -2.04. The molecule has 0 bridgehead atoms. The molecule has 0 aromatic carbocycles. The van der Waals surface area contributed by atoms with Gasteiger partial charge in [-0.3, -0.25) is 23.4 Å². The van der Waals surface area contributed by atoms with Crippen molar-refractivity contribution in [3.8, 4) is 0 Å². The van der Waals surface area contributed by atoms with E-state index in [-0.39, 0.29) is 25.9 Å². The summed E-state index contributed by atoms with van der Waals surface area (Å²) in [5.41, 5.74) is 0. The maximum absolute atomic E-state index is 12.9. The molecule has 0 aromatic rings. The molecule has 0 heterocycles. The second kappa shape index (κ2) is 55.2. The van der Waals surface area contributed by atoms with E-state index in [1.165, 1.54) is 161 Å². The highest BCUT2D eigenvalue weighted by molar-refractivity contribution is 7.47. The van der Waals surface area contributed by atoms with Gasteiger partial charge in [-0.15, -0.1) is 0 Å². The smallest absolute Gasteiger partial charge is 0.462 e. The quantitative estimate of drug-likeness (QED) is 0.0197. The Morgan fingerprint density at radius 2 is 0.681 bits per heavy atom. The van der Waals surface area contributed by atoms with Gasteiger partial charge in [0.05, 0.1) is 19.8 Å². The molecule has 3 atom stereocenters. The number of aliphatic hydroxyl groups excluding tert-OH is 1. The number of carbonyl (C=O) groups excluding carboxylic acids is 3. The van der Waals surface area contributed by atoms with Gasteiger partial charge in [-0.1, -0.05) is 257 Å². The minimum atomic E-state index is -4.74. The molecular weight excluding hydrogens is 928 g/mol. The number of esters is 3. The fourth-order valence-corrected chi connectivity index (χ4v) is 9.53. The summed E-state index contributed by atoms with van der Waals surface area (Å²) in [4.78, 5) is 48.6. The van der Waals surface area contributed by atoms with E-state index in [0.29, 0.717) is 19.3 Å². The van der Waals surface area contributed by atoms with Crippen molar-refractivity contribution >= 4 is 25.7 Å². The molecule has 0 saturated heterocycles. The molecule has 0 aromatic heterocycles. The summed E-state index contributed by atoms with van der Waals surface area (Å²) < 4.78 is 39.6. The summed E-state index contributed by atoms with van der Waals surface area (Å²) in [6, 6.07) is 0. The van der Waals surface area contributed by atoms with E-state index in [2.05, 4.69) is 45.1 Å². The van der Waals surface area contributed by atoms with E-state index < -0.39 is 57.8 Å². The zero-order chi connectivity index (χ0) is 52.7. The molecule has 424 valence electrons. The van der Waals surface area contributed by atoms with Gasteiger partial charge >= 0.3 is 25.7 Å². The number of carbonyl (C=O) groups is 3. The number of allylic oxidation sites excluding steroid dienone is 4. The zero-order valence-electron chi connectivity index (χ0n) is 46.9. The summed E-state index contributed by atoms with van der Waals surface area (Å²) >= 11 is 0. The number of ether oxygens (including phenoxy) is 3. The van der Waals surface area contributed by atoms with Crippen LogP contribution in [0.15, 0.2) is 24.3 Å². The average Bonchev–Trinajstić information content (AvgIpc) is 3.37. The molecule has 0 saturated carbocycles. The lowest BCUT2D eigenvalue weighted by atomic mass is 10.0. The van der Waals surface area contributed by atoms with Crippen LogP contribution in [0.4, 0.5) is 0 Å². The van der Waals surface area contributed by atoms with Crippen molar-refractivity contribution in [1.29, 1.82) is 0 Å². The second-order valence-electron chi connectivity index (χ2n) is 20.5. The molecule has 0 aliphatic heterocycles. The molecule has 0 amide bonds. The summed E-state index contributed by atoms with van der Waals surface area (Å²) in [5.74, 6) is -1.45. The first-order valence-electron chi connectivity index (χ1n) is 30.2. The van der Waals surface area contributed by atoms with E-state index in [9.17, 15) is 28.9 Å². The Balaban J connectivity index is 4.68. The van der Waals surface area contributed by atoms with Crippen LogP contribution in [0.5, 0.6) is 0 Å². The highest BCUT2D eigenvalue weighted by Gasteiger charge is 2.28. The van der Waals surface area contributed by atoms with Crippen LogP contribution in [-0.2, 0) is 42.2 Å². The lowest BCUT2D eigenvalue weighted by molar-refractivity contribution is -0.161. The first-order chi connectivity index (χ1) is 35.2. The summed E-state index contributed by atoms with van der Waals surface area (Å²) in [6.07, 6.45) is 55.5. The molecule has 11 nitrogen and oxygen atoms in total. The Kier molecular flexibility index (Phi) is 53.6. The van der Waals surface area contributed by atoms with E-state index in [1.807, 2.05) is 0 Å². The van der Waals surface area contributed by atoms with Crippen LogP contribution in [0.2, 0.25) is 0 Å². The molecule has 0 rings (SSSR count). The van der Waals surface area contributed by atoms with Crippen LogP contribution < -0.4 is 0 Å². The molecule has 12 heteroatoms. The van der Waals surface area contributed by atoms with Gasteiger partial charge in [-0.25, -0.2) is 4.57 Å². The van der Waals surface area contributed by atoms with Crippen molar-refractivity contribution in [2.75, 3.05) is 26.4 Å². The number of aliphatic hydroxyl groups is 1. The monoisotopic (exact) mass is 1040 g/mol. The highest BCUT2D eigenvalue weighted by Crippen LogP contribution is 2.43. The molecule has 0 aliphatic rings. The van der Waals surface area contributed by atoms with Crippen molar-refractivity contribution in [3.63, 3.8) is 0 Å². The topological polar surface area (TPSA) is 155 Å². The fraction of sp³-hybridized carbons (Fsp3) is 0.883. The van der Waals surface area contributed by atoms with Gasteiger partial charge in [0.1, 0.15) is 12.7 Å². The van der Waals surface area contributed by atoms with Crippen molar-refractivity contribution in [1.82, 2.24) is 0 Å². The van der Waals surface area contributed by atoms with Crippen molar-refractivity contribution in [2.45, 2.75) is 315 Å². The molecule has 3 unspecified atom stereocenters. The van der Waals surface area contributed by atoms with Crippen LogP contribution in [0, 0.1) is 0 Å². The predicted octanol–water partition coefficient (Wildman–Crippen LogP) is 17.8. The van der Waals surface area contributed by atoms with Crippen molar-refractivity contribution in [2.24, 2.45) is 0 Å². The normalized spacial score (nSPS) is 13.5. The van der Waals surface area contributed by atoms with E-state index in [4.69, 9.17) is 23.3 Å². The number of hydrogen-bond acceptors (Lipinski definition) is 10. The van der Waals surface area contributed by atoms with Gasteiger partial charge in [0.2, 0.25) is 0 Å². The first-order valence-corrected chi connectivity index (χ1v) is 31.7. The molecule has 0 radical (unpaired) electrons. The van der Waals surface area contributed by atoms with Crippen LogP contribution in [0.25, 0.3) is 0 Å². The van der Waals surface area contributed by atoms with Gasteiger partial charge in [0.25, 0.3) is 0 Å². The number of phosphoric acid groups is 1. The minimum Gasteiger partial charge on any atom is -0.462 e. The van der Waals surface area contributed by atoms with E-state index in [1.54, 1.807) is 0 Å². The second-order valence-corrected chi connectivity index (χ2v) is 22.0. The molecular formula is C60H113O11P. The average molecular weight is 1040 g/mol. The van der Waals surface area contributed by atoms with Gasteiger partial charge in [0.15, 0.2) is 6.10 Å². The number of phosphoric ester groups is 1. The third kappa shape index (κ3) is 52.8. The first kappa shape index (κ1) is 70.0. The maximum atomic E-state index is 12.9. The zero-order valence-corrected chi connectivity index (χ0v) is 47.8. The van der Waals surface area contributed by atoms with Crippen LogP contribution in [0.1, 0.15) is 303 Å². The highest BCUT2D eigenvalue weighted by atomic mass is 31.2. The molecule has 72 heavy (non-hydrogen) atoms.